The summed E-state index contributed by atoms with van der Waals surface area (Å²) in [7, 11) is 1.49. The molecule has 1 unspecified atom stereocenters. The number of amides is 1. The summed E-state index contributed by atoms with van der Waals surface area (Å²) < 4.78 is 10.6. The number of hydrogen-bond donors (Lipinski definition) is 2. The SMILES string of the molecule is COCC(C)(O)CNC(=O)C=Cc1ccc(Br)o1. The molecule has 0 saturated heterocycles. The van der Waals surface area contributed by atoms with Crippen LogP contribution in [0.3, 0.4) is 0 Å². The van der Waals surface area contributed by atoms with Crippen LogP contribution in [0.5, 0.6) is 0 Å². The number of aliphatic hydroxyl groups is 1. The van der Waals surface area contributed by atoms with Gasteiger partial charge < -0.3 is 19.6 Å². The first-order chi connectivity index (χ1) is 8.43. The third-order valence-electron chi connectivity index (χ3n) is 2.09. The van der Waals surface area contributed by atoms with Gasteiger partial charge in [0.05, 0.1) is 6.61 Å². The Bertz CT molecular complexity index is 425. The molecular weight excluding hydrogens is 302 g/mol. The summed E-state index contributed by atoms with van der Waals surface area (Å²) in [4.78, 5) is 11.5. The lowest BCUT2D eigenvalue weighted by Gasteiger charge is -2.21. The zero-order valence-corrected chi connectivity index (χ0v) is 11.9. The van der Waals surface area contributed by atoms with Crippen LogP contribution in [0.4, 0.5) is 0 Å². The van der Waals surface area contributed by atoms with Crippen molar-refractivity contribution in [3.05, 3.63) is 28.6 Å². The van der Waals surface area contributed by atoms with E-state index >= 15 is 0 Å². The Labute approximate surface area is 114 Å². The maximum Gasteiger partial charge on any atom is 0.244 e. The van der Waals surface area contributed by atoms with Gasteiger partial charge in [0.2, 0.25) is 5.91 Å². The first kappa shape index (κ1) is 14.9. The minimum Gasteiger partial charge on any atom is -0.450 e. The van der Waals surface area contributed by atoms with Crippen LogP contribution in [0, 0.1) is 0 Å². The van der Waals surface area contributed by atoms with Crippen molar-refractivity contribution in [1.82, 2.24) is 5.32 Å². The van der Waals surface area contributed by atoms with Gasteiger partial charge in [-0.3, -0.25) is 4.79 Å². The molecule has 0 aliphatic rings. The predicted molar refractivity (Wildman–Crippen MR) is 71.0 cm³/mol. The van der Waals surface area contributed by atoms with Crippen molar-refractivity contribution in [3.8, 4) is 0 Å². The average molecular weight is 318 g/mol. The monoisotopic (exact) mass is 317 g/mol. The molecule has 0 radical (unpaired) electrons. The van der Waals surface area contributed by atoms with Gasteiger partial charge in [-0.25, -0.2) is 0 Å². The predicted octanol–water partition coefficient (Wildman–Crippen LogP) is 1.57. The lowest BCUT2D eigenvalue weighted by atomic mass is 10.1. The number of hydrogen-bond acceptors (Lipinski definition) is 4. The van der Waals surface area contributed by atoms with Gasteiger partial charge >= 0.3 is 0 Å². The lowest BCUT2D eigenvalue weighted by molar-refractivity contribution is -0.118. The zero-order chi connectivity index (χ0) is 13.6. The third kappa shape index (κ3) is 5.48. The van der Waals surface area contributed by atoms with Crippen molar-refractivity contribution in [3.63, 3.8) is 0 Å². The fourth-order valence-corrected chi connectivity index (χ4v) is 1.59. The van der Waals surface area contributed by atoms with E-state index in [1.54, 1.807) is 25.1 Å². The number of rotatable bonds is 6. The molecule has 18 heavy (non-hydrogen) atoms. The van der Waals surface area contributed by atoms with Crippen LogP contribution in [-0.2, 0) is 9.53 Å². The van der Waals surface area contributed by atoms with E-state index in [1.807, 2.05) is 0 Å². The number of ether oxygens (including phenoxy) is 1. The highest BCUT2D eigenvalue weighted by atomic mass is 79.9. The number of methoxy groups -OCH3 is 1. The summed E-state index contributed by atoms with van der Waals surface area (Å²) in [5.41, 5.74) is -1.08. The van der Waals surface area contributed by atoms with E-state index in [9.17, 15) is 9.90 Å². The van der Waals surface area contributed by atoms with Crippen LogP contribution in [0.2, 0.25) is 0 Å². The van der Waals surface area contributed by atoms with E-state index in [0.29, 0.717) is 10.4 Å². The summed E-state index contributed by atoms with van der Waals surface area (Å²) in [6.45, 7) is 1.86. The van der Waals surface area contributed by atoms with Gasteiger partial charge in [-0.05, 0) is 41.1 Å². The number of halogens is 1. The Hall–Kier alpha value is -1.11. The van der Waals surface area contributed by atoms with Gasteiger partial charge in [-0.15, -0.1) is 0 Å². The van der Waals surface area contributed by atoms with Crippen LogP contribution in [0.25, 0.3) is 6.08 Å². The maximum absolute atomic E-state index is 11.5. The Kier molecular flexibility index (Phi) is 5.58. The lowest BCUT2D eigenvalue weighted by Crippen LogP contribution is -2.43. The topological polar surface area (TPSA) is 71.7 Å². The van der Waals surface area contributed by atoms with Crippen molar-refractivity contribution in [2.75, 3.05) is 20.3 Å². The molecule has 0 spiro atoms. The first-order valence-corrected chi connectivity index (χ1v) is 6.15. The standard InChI is InChI=1S/C12H16BrNO4/c1-12(16,8-17-2)7-14-11(15)6-4-9-3-5-10(13)18-9/h3-6,16H,7-8H2,1-2H3,(H,14,15). The average Bonchev–Trinajstić information content (AvgIpc) is 2.70. The van der Waals surface area contributed by atoms with Crippen molar-refractivity contribution in [2.24, 2.45) is 0 Å². The minimum atomic E-state index is -1.08. The van der Waals surface area contributed by atoms with E-state index in [2.05, 4.69) is 21.2 Å². The molecule has 0 saturated carbocycles. The largest absolute Gasteiger partial charge is 0.450 e. The zero-order valence-electron chi connectivity index (χ0n) is 10.3. The quantitative estimate of drug-likeness (QED) is 0.781. The molecule has 1 aromatic heterocycles. The summed E-state index contributed by atoms with van der Waals surface area (Å²) in [6.07, 6.45) is 2.89. The van der Waals surface area contributed by atoms with Crippen LogP contribution in [0.15, 0.2) is 27.3 Å². The molecule has 5 nitrogen and oxygen atoms in total. The summed E-state index contributed by atoms with van der Waals surface area (Å²) in [5, 5.41) is 12.3. The van der Waals surface area contributed by atoms with E-state index in [4.69, 9.17) is 9.15 Å². The minimum absolute atomic E-state index is 0.117. The molecule has 0 fully saturated rings. The van der Waals surface area contributed by atoms with Gasteiger partial charge in [0.25, 0.3) is 0 Å². The van der Waals surface area contributed by atoms with Crippen molar-refractivity contribution >= 4 is 27.9 Å². The van der Waals surface area contributed by atoms with Crippen LogP contribution in [-0.4, -0.2) is 36.9 Å². The third-order valence-corrected chi connectivity index (χ3v) is 2.52. The Morgan fingerprint density at radius 1 is 1.67 bits per heavy atom. The first-order valence-electron chi connectivity index (χ1n) is 5.35. The molecule has 1 aromatic rings. The molecular formula is C12H16BrNO4. The second-order valence-corrected chi connectivity index (χ2v) is 4.90. The van der Waals surface area contributed by atoms with E-state index in [-0.39, 0.29) is 19.1 Å². The molecule has 6 heteroatoms. The summed E-state index contributed by atoms with van der Waals surface area (Å²) in [5.74, 6) is 0.263. The molecule has 1 amide bonds. The van der Waals surface area contributed by atoms with Crippen LogP contribution >= 0.6 is 15.9 Å². The Morgan fingerprint density at radius 3 is 2.94 bits per heavy atom. The fraction of sp³-hybridized carbons (Fsp3) is 0.417. The number of nitrogens with one attached hydrogen (secondary N) is 1. The van der Waals surface area contributed by atoms with Gasteiger partial charge in [-0.1, -0.05) is 0 Å². The molecule has 0 aromatic carbocycles. The van der Waals surface area contributed by atoms with Gasteiger partial charge in [0.15, 0.2) is 4.67 Å². The molecule has 0 aliphatic carbocycles. The highest BCUT2D eigenvalue weighted by Gasteiger charge is 2.20. The van der Waals surface area contributed by atoms with Crippen molar-refractivity contribution in [1.29, 1.82) is 0 Å². The van der Waals surface area contributed by atoms with Gasteiger partial charge in [-0.2, -0.15) is 0 Å². The van der Waals surface area contributed by atoms with E-state index in [0.717, 1.165) is 0 Å². The van der Waals surface area contributed by atoms with Gasteiger partial charge in [0, 0.05) is 19.7 Å². The fourth-order valence-electron chi connectivity index (χ4n) is 1.27. The maximum atomic E-state index is 11.5. The second kappa shape index (κ2) is 6.72. The Morgan fingerprint density at radius 2 is 2.39 bits per heavy atom. The van der Waals surface area contributed by atoms with Crippen LogP contribution in [0.1, 0.15) is 12.7 Å². The Balaban J connectivity index is 2.40. The second-order valence-electron chi connectivity index (χ2n) is 4.12. The van der Waals surface area contributed by atoms with Gasteiger partial charge in [0.1, 0.15) is 11.4 Å². The number of carbonyl (C=O) groups is 1. The number of carbonyl (C=O) groups excluding carboxylic acids is 1. The van der Waals surface area contributed by atoms with E-state index in [1.165, 1.54) is 13.2 Å². The van der Waals surface area contributed by atoms with E-state index < -0.39 is 5.60 Å². The highest BCUT2D eigenvalue weighted by Crippen LogP contribution is 2.14. The smallest absolute Gasteiger partial charge is 0.244 e. The molecule has 100 valence electrons. The number of furan rings is 1. The van der Waals surface area contributed by atoms with Crippen molar-refractivity contribution in [2.45, 2.75) is 12.5 Å². The molecule has 1 atom stereocenters. The molecule has 2 N–H and O–H groups in total. The van der Waals surface area contributed by atoms with Crippen molar-refractivity contribution < 1.29 is 19.1 Å². The summed E-state index contributed by atoms with van der Waals surface area (Å²) >= 11 is 3.17. The normalized spacial score (nSPS) is 14.7. The molecule has 1 heterocycles. The van der Waals surface area contributed by atoms with Crippen LogP contribution < -0.4 is 5.32 Å². The molecule has 0 aliphatic heterocycles. The highest BCUT2D eigenvalue weighted by molar-refractivity contribution is 9.10. The summed E-state index contributed by atoms with van der Waals surface area (Å²) in [6, 6.07) is 3.47. The molecule has 1 rings (SSSR count). The molecule has 0 bridgehead atoms.